The minimum absolute atomic E-state index is 0.0754. The van der Waals surface area contributed by atoms with E-state index >= 15 is 0 Å². The molecule has 1 unspecified atom stereocenters. The van der Waals surface area contributed by atoms with Gasteiger partial charge >= 0.3 is 5.97 Å². The van der Waals surface area contributed by atoms with Gasteiger partial charge in [-0.05, 0) is 31.5 Å². The van der Waals surface area contributed by atoms with E-state index in [9.17, 15) is 9.90 Å². The van der Waals surface area contributed by atoms with Crippen molar-refractivity contribution in [2.24, 2.45) is 5.41 Å². The second kappa shape index (κ2) is 4.57. The summed E-state index contributed by atoms with van der Waals surface area (Å²) in [6, 6.07) is 8.12. The van der Waals surface area contributed by atoms with Crippen LogP contribution >= 0.6 is 0 Å². The van der Waals surface area contributed by atoms with Gasteiger partial charge in [-0.25, -0.2) is 4.79 Å². The Balaban J connectivity index is 1.72. The Labute approximate surface area is 158 Å². The predicted molar refractivity (Wildman–Crippen MR) is 98.2 cm³/mol. The maximum Gasteiger partial charge on any atom is 0.343 e. The molecule has 6 heteroatoms. The maximum absolute atomic E-state index is 13.1. The van der Waals surface area contributed by atoms with Gasteiger partial charge in [0, 0.05) is 30.1 Å². The molecular formula is C21H24N2O4. The first-order valence-electron chi connectivity index (χ1n) is 9.73. The Morgan fingerprint density at radius 3 is 3.04 bits per heavy atom. The van der Waals surface area contributed by atoms with Crippen molar-refractivity contribution in [3.05, 3.63) is 42.0 Å². The van der Waals surface area contributed by atoms with Gasteiger partial charge in [0.25, 0.3) is 0 Å². The first kappa shape index (κ1) is 16.1. The highest BCUT2D eigenvalue weighted by atomic mass is 16.6. The van der Waals surface area contributed by atoms with Crippen molar-refractivity contribution < 1.29 is 19.4 Å². The van der Waals surface area contributed by atoms with Crippen molar-refractivity contribution in [1.82, 2.24) is 4.90 Å². The zero-order chi connectivity index (χ0) is 18.7. The van der Waals surface area contributed by atoms with Crippen LogP contribution in [0.3, 0.4) is 0 Å². The normalized spacial score (nSPS) is 48.6. The van der Waals surface area contributed by atoms with Gasteiger partial charge in [0.1, 0.15) is 0 Å². The monoisotopic (exact) mass is 368 g/mol. The van der Waals surface area contributed by atoms with Gasteiger partial charge in [-0.15, -0.1) is 0 Å². The van der Waals surface area contributed by atoms with E-state index in [4.69, 9.17) is 9.47 Å². The molecule has 1 aromatic rings. The van der Waals surface area contributed by atoms with Crippen LogP contribution in [0.5, 0.6) is 0 Å². The number of aliphatic hydroxyl groups is 1. The number of nitrogens with one attached hydrogen (secondary N) is 1. The molecule has 0 radical (unpaired) electrons. The largest absolute Gasteiger partial charge is 0.467 e. The number of nitrogens with zero attached hydrogens (tertiary/aromatic N) is 1. The van der Waals surface area contributed by atoms with Crippen molar-refractivity contribution in [1.29, 1.82) is 0 Å². The second-order valence-corrected chi connectivity index (χ2v) is 8.77. The average molecular weight is 368 g/mol. The summed E-state index contributed by atoms with van der Waals surface area (Å²) in [4.78, 5) is 15.6. The van der Waals surface area contributed by atoms with Crippen molar-refractivity contribution in [3.63, 3.8) is 0 Å². The van der Waals surface area contributed by atoms with E-state index in [1.54, 1.807) is 0 Å². The number of ether oxygens (including phenoxy) is 2. The molecule has 4 heterocycles. The highest BCUT2D eigenvalue weighted by Gasteiger charge is 2.86. The number of hydrogen-bond acceptors (Lipinski definition) is 6. The van der Waals surface area contributed by atoms with E-state index < -0.39 is 22.7 Å². The lowest BCUT2D eigenvalue weighted by Crippen LogP contribution is -2.77. The van der Waals surface area contributed by atoms with Crippen LogP contribution in [0, 0.1) is 5.41 Å². The van der Waals surface area contributed by atoms with Gasteiger partial charge in [0.05, 0.1) is 18.6 Å². The molecule has 1 aliphatic carbocycles. The molecule has 5 aliphatic rings. The Morgan fingerprint density at radius 1 is 1.41 bits per heavy atom. The summed E-state index contributed by atoms with van der Waals surface area (Å²) in [5, 5.41) is 15.7. The smallest absolute Gasteiger partial charge is 0.343 e. The molecule has 0 aromatic heterocycles. The van der Waals surface area contributed by atoms with Crippen LogP contribution in [0.1, 0.15) is 25.3 Å². The van der Waals surface area contributed by atoms with Gasteiger partial charge in [-0.3, -0.25) is 4.90 Å². The summed E-state index contributed by atoms with van der Waals surface area (Å²) in [5.41, 5.74) is -1.95. The third-order valence-corrected chi connectivity index (χ3v) is 8.06. The number of methoxy groups -OCH3 is 1. The topological polar surface area (TPSA) is 71.0 Å². The molecule has 2 spiro atoms. The van der Waals surface area contributed by atoms with Gasteiger partial charge in [0.15, 0.2) is 5.72 Å². The zero-order valence-corrected chi connectivity index (χ0v) is 15.6. The molecule has 2 N–H and O–H groups in total. The minimum atomic E-state index is -1.55. The molecule has 3 fully saturated rings. The molecular weight excluding hydrogens is 344 g/mol. The predicted octanol–water partition coefficient (Wildman–Crippen LogP) is 1.40. The standard InChI is InChI=1S/C21H24N2O4/c1-13-18-8-5-10-23-11-9-19(16(18)23)14-6-3-4-7-15(14)22-21(19,25)20(12-18,27-13)17(24)26-2/h3-8,13,16,22,25H,9-12H2,1-2H3/t13-,16-,18+,19+,20?,21-/m0/s1. The number of carbonyl (C=O) groups excluding carboxylic acids is 1. The molecule has 2 bridgehead atoms. The number of carbonyl (C=O) groups is 1. The molecule has 1 saturated carbocycles. The van der Waals surface area contributed by atoms with Gasteiger partial charge in [0.2, 0.25) is 5.60 Å². The Bertz CT molecular complexity index is 902. The summed E-state index contributed by atoms with van der Waals surface area (Å²) in [6.07, 6.45) is 5.44. The summed E-state index contributed by atoms with van der Waals surface area (Å²) in [7, 11) is 1.37. The van der Waals surface area contributed by atoms with Crippen molar-refractivity contribution in [2.45, 2.75) is 48.7 Å². The Kier molecular flexibility index (Phi) is 2.72. The average Bonchev–Trinajstić information content (AvgIpc) is 3.28. The van der Waals surface area contributed by atoms with Crippen LogP contribution in [-0.4, -0.2) is 59.6 Å². The third-order valence-electron chi connectivity index (χ3n) is 8.06. The molecule has 27 heavy (non-hydrogen) atoms. The molecule has 4 aliphatic heterocycles. The highest BCUT2D eigenvalue weighted by Crippen LogP contribution is 2.72. The van der Waals surface area contributed by atoms with E-state index in [1.165, 1.54) is 7.11 Å². The molecule has 2 saturated heterocycles. The van der Waals surface area contributed by atoms with Gasteiger partial charge in [-0.2, -0.15) is 0 Å². The second-order valence-electron chi connectivity index (χ2n) is 8.77. The van der Waals surface area contributed by atoms with Crippen LogP contribution in [-0.2, 0) is 19.7 Å². The number of para-hydroxylation sites is 1. The van der Waals surface area contributed by atoms with Gasteiger partial charge in [-0.1, -0.05) is 30.4 Å². The molecule has 6 nitrogen and oxygen atoms in total. The summed E-state index contributed by atoms with van der Waals surface area (Å²) in [5.74, 6) is -0.496. The number of benzene rings is 1. The lowest BCUT2D eigenvalue weighted by Gasteiger charge is -2.59. The fourth-order valence-electron chi connectivity index (χ4n) is 7.18. The fourth-order valence-corrected chi connectivity index (χ4v) is 7.18. The van der Waals surface area contributed by atoms with Crippen molar-refractivity contribution in [2.75, 3.05) is 25.5 Å². The first-order valence-corrected chi connectivity index (χ1v) is 9.73. The number of rotatable bonds is 1. The fraction of sp³-hybridized carbons (Fsp3) is 0.571. The third kappa shape index (κ3) is 1.39. The van der Waals surface area contributed by atoms with E-state index in [0.29, 0.717) is 6.42 Å². The number of anilines is 1. The first-order chi connectivity index (χ1) is 13.0. The molecule has 6 atom stereocenters. The van der Waals surface area contributed by atoms with E-state index in [2.05, 4.69) is 28.4 Å². The Hall–Kier alpha value is -1.89. The lowest BCUT2D eigenvalue weighted by molar-refractivity contribution is -0.216. The summed E-state index contributed by atoms with van der Waals surface area (Å²) < 4.78 is 11.6. The quantitative estimate of drug-likeness (QED) is 0.577. The van der Waals surface area contributed by atoms with Crippen molar-refractivity contribution in [3.8, 4) is 0 Å². The summed E-state index contributed by atoms with van der Waals surface area (Å²) >= 11 is 0. The van der Waals surface area contributed by atoms with E-state index in [1.807, 2.05) is 25.1 Å². The zero-order valence-electron chi connectivity index (χ0n) is 15.6. The van der Waals surface area contributed by atoms with Crippen LogP contribution in [0.15, 0.2) is 36.4 Å². The van der Waals surface area contributed by atoms with Crippen molar-refractivity contribution >= 4 is 11.7 Å². The molecule has 142 valence electrons. The van der Waals surface area contributed by atoms with Gasteiger partial charge < -0.3 is 19.9 Å². The molecule has 1 aromatic carbocycles. The van der Waals surface area contributed by atoms with E-state index in [0.717, 1.165) is 30.8 Å². The lowest BCUT2D eigenvalue weighted by atomic mass is 9.49. The summed E-state index contributed by atoms with van der Waals surface area (Å²) in [6.45, 7) is 3.78. The van der Waals surface area contributed by atoms with Crippen LogP contribution in [0.2, 0.25) is 0 Å². The molecule has 6 rings (SSSR count). The number of hydrogen-bond donors (Lipinski definition) is 2. The number of esters is 1. The SMILES string of the molecule is COC(=O)C12C[C@]3(C=CCN4CC[C@@]5(c6ccccc6N[C@@]15O)[C@@H]43)[C@H](C)O2. The number of fused-ring (bicyclic) bond motifs is 3. The van der Waals surface area contributed by atoms with Crippen LogP contribution in [0.4, 0.5) is 5.69 Å². The van der Waals surface area contributed by atoms with Crippen LogP contribution in [0.25, 0.3) is 0 Å². The molecule has 0 amide bonds. The van der Waals surface area contributed by atoms with E-state index in [-0.39, 0.29) is 17.6 Å². The highest BCUT2D eigenvalue weighted by molar-refractivity contribution is 5.87. The Morgan fingerprint density at radius 2 is 2.22 bits per heavy atom. The maximum atomic E-state index is 13.1. The minimum Gasteiger partial charge on any atom is -0.467 e. The van der Waals surface area contributed by atoms with Crippen LogP contribution < -0.4 is 5.32 Å².